The summed E-state index contributed by atoms with van der Waals surface area (Å²) in [7, 11) is 0. The molecular formula is C28H29FO12. The number of hydrogen-bond acceptors (Lipinski definition) is 12. The second-order valence-corrected chi connectivity index (χ2v) is 9.09. The topological polar surface area (TPSA) is 161 Å². The molecule has 0 amide bonds. The predicted molar refractivity (Wildman–Crippen MR) is 135 cm³/mol. The second kappa shape index (κ2) is 13.7. The highest BCUT2D eigenvalue weighted by Gasteiger charge is 2.53. The summed E-state index contributed by atoms with van der Waals surface area (Å²) >= 11 is 0. The molecule has 5 atom stereocenters. The quantitative estimate of drug-likeness (QED) is 0.250. The van der Waals surface area contributed by atoms with Gasteiger partial charge in [0.05, 0.1) is 5.56 Å². The molecule has 0 bridgehead atoms. The van der Waals surface area contributed by atoms with Crippen molar-refractivity contribution in [1.82, 2.24) is 0 Å². The first-order chi connectivity index (χ1) is 19.3. The molecule has 1 aliphatic rings. The summed E-state index contributed by atoms with van der Waals surface area (Å²) in [4.78, 5) is 60.0. The number of ketones is 1. The summed E-state index contributed by atoms with van der Waals surface area (Å²) < 4.78 is 45.9. The standard InChI is InChI=1S/C28H29FO12/c1-14(30)36-13-24-25(37-15(2)31)26(38-16(3)32)27(39-17(4)33)28(41-24)40-20-9-10-21(23(35)12-20)22(34)11-18-5-7-19(29)8-6-18/h5-10,12,24-28,35H,11,13H2,1-4H3. The molecule has 1 saturated heterocycles. The van der Waals surface area contributed by atoms with E-state index in [2.05, 4.69) is 0 Å². The third-order valence-corrected chi connectivity index (χ3v) is 5.75. The van der Waals surface area contributed by atoms with Crippen LogP contribution in [0.2, 0.25) is 0 Å². The number of benzene rings is 2. The van der Waals surface area contributed by atoms with Gasteiger partial charge in [-0.1, -0.05) is 12.1 Å². The summed E-state index contributed by atoms with van der Waals surface area (Å²) in [6.07, 6.45) is -7.13. The van der Waals surface area contributed by atoms with Crippen LogP contribution in [0.15, 0.2) is 42.5 Å². The Kier molecular flexibility index (Phi) is 10.4. The zero-order valence-corrected chi connectivity index (χ0v) is 22.7. The Balaban J connectivity index is 1.90. The predicted octanol–water partition coefficient (Wildman–Crippen LogP) is 2.42. The smallest absolute Gasteiger partial charge is 0.303 e. The number of carbonyl (C=O) groups is 5. The van der Waals surface area contributed by atoms with Crippen LogP contribution < -0.4 is 4.74 Å². The summed E-state index contributed by atoms with van der Waals surface area (Å²) in [5, 5.41) is 10.6. The first kappa shape index (κ1) is 31.0. The van der Waals surface area contributed by atoms with Crippen LogP contribution in [0.25, 0.3) is 0 Å². The van der Waals surface area contributed by atoms with Crippen molar-refractivity contribution in [2.45, 2.75) is 64.8 Å². The van der Waals surface area contributed by atoms with Gasteiger partial charge in [-0.15, -0.1) is 0 Å². The highest BCUT2D eigenvalue weighted by molar-refractivity contribution is 6.00. The number of hydrogen-bond donors (Lipinski definition) is 1. The van der Waals surface area contributed by atoms with Crippen molar-refractivity contribution in [3.63, 3.8) is 0 Å². The first-order valence-corrected chi connectivity index (χ1v) is 12.4. The zero-order chi connectivity index (χ0) is 30.3. The molecule has 0 spiro atoms. The molecule has 13 heteroatoms. The third-order valence-electron chi connectivity index (χ3n) is 5.75. The average molecular weight is 577 g/mol. The molecule has 3 rings (SSSR count). The summed E-state index contributed by atoms with van der Waals surface area (Å²) in [6, 6.07) is 9.08. The molecule has 5 unspecified atom stereocenters. The molecule has 2 aromatic rings. The molecule has 0 aliphatic carbocycles. The Morgan fingerprint density at radius 2 is 1.39 bits per heavy atom. The van der Waals surface area contributed by atoms with Gasteiger partial charge in [-0.2, -0.15) is 0 Å². The van der Waals surface area contributed by atoms with Crippen molar-refractivity contribution in [2.75, 3.05) is 6.61 Å². The molecule has 2 aromatic carbocycles. The van der Waals surface area contributed by atoms with E-state index in [1.807, 2.05) is 0 Å². The van der Waals surface area contributed by atoms with E-state index in [0.717, 1.165) is 33.8 Å². The number of rotatable bonds is 10. The van der Waals surface area contributed by atoms with Gasteiger partial charge in [0.25, 0.3) is 0 Å². The van der Waals surface area contributed by atoms with Crippen LogP contribution in [0.4, 0.5) is 4.39 Å². The van der Waals surface area contributed by atoms with Crippen LogP contribution >= 0.6 is 0 Å². The lowest BCUT2D eigenvalue weighted by Gasteiger charge is -2.43. The van der Waals surface area contributed by atoms with Crippen LogP contribution in [-0.4, -0.2) is 72.1 Å². The number of carbonyl (C=O) groups excluding carboxylic acids is 5. The van der Waals surface area contributed by atoms with E-state index in [1.165, 1.54) is 36.4 Å². The highest BCUT2D eigenvalue weighted by Crippen LogP contribution is 2.33. The maximum Gasteiger partial charge on any atom is 0.303 e. The van der Waals surface area contributed by atoms with E-state index in [9.17, 15) is 33.5 Å². The van der Waals surface area contributed by atoms with Crippen LogP contribution in [0.1, 0.15) is 43.6 Å². The van der Waals surface area contributed by atoms with Crippen LogP contribution in [0.5, 0.6) is 11.5 Å². The van der Waals surface area contributed by atoms with Gasteiger partial charge >= 0.3 is 23.9 Å². The fourth-order valence-electron chi connectivity index (χ4n) is 4.12. The number of esters is 4. The Bertz CT molecular complexity index is 1290. The minimum absolute atomic E-state index is 0.0387. The third kappa shape index (κ3) is 8.73. The lowest BCUT2D eigenvalue weighted by molar-refractivity contribution is -0.288. The molecule has 1 fully saturated rings. The minimum Gasteiger partial charge on any atom is -0.507 e. The molecule has 41 heavy (non-hydrogen) atoms. The van der Waals surface area contributed by atoms with Crippen molar-refractivity contribution in [3.8, 4) is 11.5 Å². The summed E-state index contributed by atoms with van der Waals surface area (Å²) in [5.74, 6) is -4.46. The van der Waals surface area contributed by atoms with Crippen molar-refractivity contribution in [2.24, 2.45) is 0 Å². The van der Waals surface area contributed by atoms with Gasteiger partial charge in [-0.3, -0.25) is 24.0 Å². The Labute approximate surface area is 234 Å². The van der Waals surface area contributed by atoms with Crippen LogP contribution in [-0.2, 0) is 49.3 Å². The number of Topliss-reactive ketones (excluding diaryl/α,β-unsaturated/α-hetero) is 1. The number of aromatic hydroxyl groups is 1. The van der Waals surface area contributed by atoms with E-state index in [0.29, 0.717) is 5.56 Å². The van der Waals surface area contributed by atoms with Gasteiger partial charge in [-0.25, -0.2) is 4.39 Å². The summed E-state index contributed by atoms with van der Waals surface area (Å²) in [5.41, 5.74) is 0.497. The number of ether oxygens (including phenoxy) is 6. The maximum atomic E-state index is 13.2. The van der Waals surface area contributed by atoms with Crippen molar-refractivity contribution >= 4 is 29.7 Å². The molecule has 1 N–H and O–H groups in total. The average Bonchev–Trinajstić information content (AvgIpc) is 2.87. The molecular weight excluding hydrogens is 547 g/mol. The van der Waals surface area contributed by atoms with Crippen molar-refractivity contribution < 1.29 is 61.9 Å². The minimum atomic E-state index is -1.52. The van der Waals surface area contributed by atoms with Crippen LogP contribution in [0.3, 0.4) is 0 Å². The lowest BCUT2D eigenvalue weighted by Crippen LogP contribution is -2.63. The molecule has 1 aliphatic heterocycles. The molecule has 0 saturated carbocycles. The highest BCUT2D eigenvalue weighted by atomic mass is 19.1. The number of phenols is 1. The number of halogens is 1. The monoisotopic (exact) mass is 576 g/mol. The first-order valence-electron chi connectivity index (χ1n) is 12.4. The van der Waals surface area contributed by atoms with Gasteiger partial charge in [0, 0.05) is 40.2 Å². The lowest BCUT2D eigenvalue weighted by atomic mass is 9.98. The largest absolute Gasteiger partial charge is 0.507 e. The molecule has 1 heterocycles. The van der Waals surface area contributed by atoms with Crippen molar-refractivity contribution in [1.29, 1.82) is 0 Å². The SMILES string of the molecule is CC(=O)OCC1OC(Oc2ccc(C(=O)Cc3ccc(F)cc3)c(O)c2)C(OC(C)=O)C(OC(C)=O)C1OC(C)=O. The Hall–Kier alpha value is -4.52. The summed E-state index contributed by atoms with van der Waals surface area (Å²) in [6.45, 7) is 3.96. The number of phenolic OH excluding ortho intramolecular Hbond substituents is 1. The molecule has 0 radical (unpaired) electrons. The zero-order valence-electron chi connectivity index (χ0n) is 22.7. The van der Waals surface area contributed by atoms with Crippen molar-refractivity contribution in [3.05, 3.63) is 59.4 Å². The van der Waals surface area contributed by atoms with Gasteiger partial charge in [0.2, 0.25) is 12.4 Å². The van der Waals surface area contributed by atoms with Gasteiger partial charge in [-0.05, 0) is 29.8 Å². The molecule has 0 aromatic heterocycles. The van der Waals surface area contributed by atoms with E-state index in [4.69, 9.17) is 28.4 Å². The molecule has 12 nitrogen and oxygen atoms in total. The normalized spacial score (nSPS) is 21.7. The Morgan fingerprint density at radius 3 is 1.95 bits per heavy atom. The fourth-order valence-corrected chi connectivity index (χ4v) is 4.12. The molecule has 220 valence electrons. The maximum absolute atomic E-state index is 13.2. The second-order valence-electron chi connectivity index (χ2n) is 9.09. The van der Waals surface area contributed by atoms with E-state index in [-0.39, 0.29) is 17.7 Å². The fraction of sp³-hybridized carbons (Fsp3) is 0.393. The van der Waals surface area contributed by atoms with Gasteiger partial charge < -0.3 is 33.5 Å². The van der Waals surface area contributed by atoms with E-state index in [1.54, 1.807) is 0 Å². The van der Waals surface area contributed by atoms with E-state index >= 15 is 0 Å². The van der Waals surface area contributed by atoms with Gasteiger partial charge in [0.15, 0.2) is 18.0 Å². The van der Waals surface area contributed by atoms with Gasteiger partial charge in [0.1, 0.15) is 30.0 Å². The van der Waals surface area contributed by atoms with E-state index < -0.39 is 78.5 Å². The Morgan fingerprint density at radius 1 is 0.805 bits per heavy atom. The van der Waals surface area contributed by atoms with Crippen LogP contribution in [0, 0.1) is 5.82 Å².